The highest BCUT2D eigenvalue weighted by molar-refractivity contribution is 5.98. The molecule has 324 valence electrons. The molecule has 10 rings (SSSR count). The minimum absolute atomic E-state index is 0.123. The second-order valence-corrected chi connectivity index (χ2v) is 19.3. The molecule has 2 amide bonds. The Morgan fingerprint density at radius 2 is 0.892 bits per heavy atom. The number of carbonyl (C=O) groups excluding carboxylic acids is 2. The number of rotatable bonds is 6. The summed E-state index contributed by atoms with van der Waals surface area (Å²) in [6.45, 7) is 12.6. The Balaban J connectivity index is 0.983. The van der Waals surface area contributed by atoms with Crippen LogP contribution in [0.4, 0.5) is 11.4 Å². The number of hydrogen-bond acceptors (Lipinski definition) is 8. The smallest absolute Gasteiger partial charge is 0.287 e. The first kappa shape index (κ1) is 41.3. The minimum Gasteiger partial charge on any atom is -0.448 e. The highest BCUT2D eigenvalue weighted by atomic mass is 16.4. The number of nitrogen functional groups attached to an aromatic ring is 2. The van der Waals surface area contributed by atoms with Gasteiger partial charge < -0.3 is 30.9 Å². The number of amides is 2. The zero-order valence-corrected chi connectivity index (χ0v) is 37.1. The largest absolute Gasteiger partial charge is 0.448 e. The third-order valence-electron chi connectivity index (χ3n) is 13.0. The van der Waals surface area contributed by atoms with Crippen LogP contribution in [-0.4, -0.2) is 11.8 Å². The van der Waals surface area contributed by atoms with Gasteiger partial charge >= 0.3 is 0 Å². The maximum atomic E-state index is 13.7. The Kier molecular flexibility index (Phi) is 9.32. The topological polar surface area (TPSA) is 171 Å². The van der Waals surface area contributed by atoms with Crippen molar-refractivity contribution >= 4 is 45.1 Å². The van der Waals surface area contributed by atoms with E-state index >= 15 is 0 Å². The van der Waals surface area contributed by atoms with Gasteiger partial charge in [-0.25, -0.2) is 0 Å². The molecule has 2 aliphatic carbocycles. The van der Waals surface area contributed by atoms with E-state index in [1.807, 2.05) is 65.8 Å². The van der Waals surface area contributed by atoms with E-state index in [0.717, 1.165) is 66.8 Å². The Hall–Kier alpha value is -7.72. The van der Waals surface area contributed by atoms with E-state index in [4.69, 9.17) is 20.3 Å². The summed E-state index contributed by atoms with van der Waals surface area (Å²) in [6, 6.07) is 38.9. The summed E-state index contributed by atoms with van der Waals surface area (Å²) in [5.41, 5.74) is 24.0. The summed E-state index contributed by atoms with van der Waals surface area (Å²) < 4.78 is 12.0. The highest BCUT2D eigenvalue weighted by Crippen LogP contribution is 2.63. The molecule has 2 aromatic heterocycles. The molecule has 2 heterocycles. The second-order valence-electron chi connectivity index (χ2n) is 19.3. The molecular formula is C55H48N4O6. The van der Waals surface area contributed by atoms with Crippen molar-refractivity contribution in [3.63, 3.8) is 0 Å². The zero-order valence-electron chi connectivity index (χ0n) is 37.1. The van der Waals surface area contributed by atoms with Crippen molar-refractivity contribution in [2.45, 2.75) is 70.9 Å². The number of nitrogens with two attached hydrogens (primary N) is 2. The Bertz CT molecular complexity index is 3240. The molecule has 8 aromatic rings. The van der Waals surface area contributed by atoms with Gasteiger partial charge in [0.15, 0.2) is 33.5 Å². The van der Waals surface area contributed by atoms with Crippen LogP contribution in [0.15, 0.2) is 140 Å². The molecule has 1 spiro atoms. The molecule has 0 fully saturated rings. The van der Waals surface area contributed by atoms with Crippen molar-refractivity contribution in [3.8, 4) is 22.3 Å². The summed E-state index contributed by atoms with van der Waals surface area (Å²) in [6.07, 6.45) is 0. The van der Waals surface area contributed by atoms with Gasteiger partial charge in [-0.05, 0) is 102 Å². The van der Waals surface area contributed by atoms with Gasteiger partial charge in [-0.2, -0.15) is 0 Å². The van der Waals surface area contributed by atoms with Gasteiger partial charge in [-0.15, -0.1) is 0 Å². The molecule has 65 heavy (non-hydrogen) atoms. The number of benzene rings is 6. The van der Waals surface area contributed by atoms with Gasteiger partial charge in [0.25, 0.3) is 11.8 Å². The van der Waals surface area contributed by atoms with Crippen LogP contribution in [0.3, 0.4) is 0 Å². The maximum absolute atomic E-state index is 13.7. The second kappa shape index (κ2) is 14.7. The molecule has 10 heteroatoms. The fourth-order valence-electron chi connectivity index (χ4n) is 9.65. The number of fused-ring (bicyclic) bond motifs is 12. The summed E-state index contributed by atoms with van der Waals surface area (Å²) in [4.78, 5) is 54.0. The summed E-state index contributed by atoms with van der Waals surface area (Å²) in [5.74, 6) is -1.32. The number of anilines is 2. The summed E-state index contributed by atoms with van der Waals surface area (Å²) in [7, 11) is 0. The van der Waals surface area contributed by atoms with Gasteiger partial charge in [0.1, 0.15) is 0 Å². The van der Waals surface area contributed by atoms with E-state index < -0.39 is 17.2 Å². The van der Waals surface area contributed by atoms with Crippen LogP contribution in [0.1, 0.15) is 107 Å². The lowest BCUT2D eigenvalue weighted by Gasteiger charge is -2.31. The van der Waals surface area contributed by atoms with Crippen molar-refractivity contribution in [1.82, 2.24) is 10.6 Å². The third kappa shape index (κ3) is 6.62. The predicted octanol–water partition coefficient (Wildman–Crippen LogP) is 9.86. The molecule has 0 saturated carbocycles. The lowest BCUT2D eigenvalue weighted by Crippen LogP contribution is -2.28. The average Bonchev–Trinajstić information content (AvgIpc) is 3.73. The lowest BCUT2D eigenvalue weighted by molar-refractivity contribution is 0.0916. The first-order chi connectivity index (χ1) is 30.9. The molecule has 0 radical (unpaired) electrons. The monoisotopic (exact) mass is 860 g/mol. The minimum atomic E-state index is -0.721. The molecule has 0 aliphatic heterocycles. The SMILES string of the molecule is CC(C)(C)c1cc(N)c2oc(C(=O)NCc3ccc4c(c3)C3(c5ccccc5-4)c4ccccc4-c4ccc(CNC(=O)c5cc(=O)c6cc(C(C)(C)C)cc(N)c6o5)cc43)cc(=O)c2c1. The molecule has 0 atom stereocenters. The Labute approximate surface area is 375 Å². The molecule has 2 aliphatic rings. The summed E-state index contributed by atoms with van der Waals surface area (Å²) in [5, 5.41) is 6.62. The molecule has 0 unspecified atom stereocenters. The molecule has 0 bridgehead atoms. The summed E-state index contributed by atoms with van der Waals surface area (Å²) >= 11 is 0. The average molecular weight is 861 g/mol. The van der Waals surface area contributed by atoms with Crippen LogP contribution in [-0.2, 0) is 29.3 Å². The third-order valence-corrected chi connectivity index (χ3v) is 13.0. The van der Waals surface area contributed by atoms with Crippen molar-refractivity contribution in [2.24, 2.45) is 0 Å². The van der Waals surface area contributed by atoms with E-state index in [0.29, 0.717) is 22.1 Å². The molecular weight excluding hydrogens is 813 g/mol. The van der Waals surface area contributed by atoms with Crippen LogP contribution >= 0.6 is 0 Å². The van der Waals surface area contributed by atoms with Crippen LogP contribution in [0.25, 0.3) is 44.2 Å². The van der Waals surface area contributed by atoms with Gasteiger partial charge in [0.05, 0.1) is 27.6 Å². The van der Waals surface area contributed by atoms with Crippen molar-refractivity contribution in [2.75, 3.05) is 11.5 Å². The fraction of sp³-hybridized carbons (Fsp3) is 0.200. The normalized spacial score (nSPS) is 13.4. The van der Waals surface area contributed by atoms with E-state index in [2.05, 4.69) is 71.3 Å². The highest BCUT2D eigenvalue weighted by Gasteiger charge is 2.51. The van der Waals surface area contributed by atoms with Crippen LogP contribution in [0, 0.1) is 0 Å². The van der Waals surface area contributed by atoms with E-state index in [1.54, 1.807) is 24.3 Å². The van der Waals surface area contributed by atoms with Gasteiger partial charge in [0.2, 0.25) is 0 Å². The molecule has 6 N–H and O–H groups in total. The van der Waals surface area contributed by atoms with Crippen molar-refractivity contribution < 1.29 is 18.4 Å². The van der Waals surface area contributed by atoms with Crippen LogP contribution in [0.2, 0.25) is 0 Å². The van der Waals surface area contributed by atoms with Crippen LogP contribution < -0.4 is 33.0 Å². The zero-order chi connectivity index (χ0) is 45.7. The maximum Gasteiger partial charge on any atom is 0.287 e. The number of nitrogens with one attached hydrogen (secondary N) is 2. The Morgan fingerprint density at radius 3 is 1.29 bits per heavy atom. The molecule has 6 aromatic carbocycles. The van der Waals surface area contributed by atoms with E-state index in [1.165, 1.54) is 12.1 Å². The number of carbonyl (C=O) groups is 2. The molecule has 10 nitrogen and oxygen atoms in total. The van der Waals surface area contributed by atoms with E-state index in [9.17, 15) is 19.2 Å². The predicted molar refractivity (Wildman–Crippen MR) is 256 cm³/mol. The van der Waals surface area contributed by atoms with Gasteiger partial charge in [0, 0.05) is 25.2 Å². The standard InChI is InChI=1S/C55H48N4O6/c1-53(2,3)31-21-37-45(60)25-47(64-49(37)43(56)23-31)51(62)58-27-29-15-17-35-33-11-7-9-13-39(33)55(41(35)19-29)40-14-10-8-12-34(40)36-18-16-30(20-42(36)55)28-59-52(63)48-26-46(61)38-22-32(54(4,5)6)24-44(57)50(38)65-48/h7-26H,27-28,56-57H2,1-6H3,(H,58,62)(H,59,63). The van der Waals surface area contributed by atoms with E-state index in [-0.39, 0.29) is 57.5 Å². The first-order valence-corrected chi connectivity index (χ1v) is 21.7. The fourth-order valence-corrected chi connectivity index (χ4v) is 9.65. The first-order valence-electron chi connectivity index (χ1n) is 21.7. The quantitative estimate of drug-likeness (QED) is 0.120. The van der Waals surface area contributed by atoms with Gasteiger partial charge in [-0.1, -0.05) is 126 Å². The Morgan fingerprint density at radius 1 is 0.508 bits per heavy atom. The van der Waals surface area contributed by atoms with Crippen LogP contribution in [0.5, 0.6) is 0 Å². The number of hydrogen-bond donors (Lipinski definition) is 4. The van der Waals surface area contributed by atoms with Crippen molar-refractivity contribution in [1.29, 1.82) is 0 Å². The molecule has 0 saturated heterocycles. The lowest BCUT2D eigenvalue weighted by atomic mass is 9.70. The van der Waals surface area contributed by atoms with Gasteiger partial charge in [-0.3, -0.25) is 19.2 Å². The van der Waals surface area contributed by atoms with Crippen molar-refractivity contribution in [3.05, 3.63) is 198 Å².